The second-order valence-electron chi connectivity index (χ2n) is 4.47. The zero-order valence-corrected chi connectivity index (χ0v) is 13.2. The van der Waals surface area contributed by atoms with Gasteiger partial charge in [0, 0.05) is 7.05 Å². The molecule has 0 saturated heterocycles. The summed E-state index contributed by atoms with van der Waals surface area (Å²) in [6.45, 7) is 0. The molecule has 0 saturated carbocycles. The van der Waals surface area contributed by atoms with E-state index in [0.29, 0.717) is 11.4 Å². The Morgan fingerprint density at radius 1 is 1.00 bits per heavy atom. The molecule has 0 radical (unpaired) electrons. The highest BCUT2D eigenvalue weighted by atomic mass is 32.2. The quantitative estimate of drug-likeness (QED) is 0.848. The van der Waals surface area contributed by atoms with E-state index in [2.05, 4.69) is 0 Å². The molecule has 22 heavy (non-hydrogen) atoms. The Hall–Kier alpha value is -2.28. The Labute approximate surface area is 128 Å². The van der Waals surface area contributed by atoms with Crippen molar-refractivity contribution < 1.29 is 22.3 Å². The number of benzene rings is 2. The molecule has 0 aliphatic carbocycles. The second kappa shape index (κ2) is 6.23. The van der Waals surface area contributed by atoms with Gasteiger partial charge in [0.15, 0.2) is 0 Å². The van der Waals surface area contributed by atoms with E-state index in [1.807, 2.05) is 0 Å². The third-order valence-electron chi connectivity index (χ3n) is 3.20. The van der Waals surface area contributed by atoms with E-state index in [0.717, 1.165) is 16.4 Å². The third kappa shape index (κ3) is 2.99. The van der Waals surface area contributed by atoms with Crippen LogP contribution in [0.3, 0.4) is 0 Å². The molecule has 0 spiro atoms. The van der Waals surface area contributed by atoms with E-state index in [9.17, 15) is 12.8 Å². The highest BCUT2D eigenvalue weighted by Gasteiger charge is 2.26. The van der Waals surface area contributed by atoms with Gasteiger partial charge in [-0.3, -0.25) is 4.31 Å². The average Bonchev–Trinajstić information content (AvgIpc) is 2.54. The fraction of sp³-hybridized carbons (Fsp3) is 0.200. The van der Waals surface area contributed by atoms with Crippen LogP contribution in [0.2, 0.25) is 0 Å². The Balaban J connectivity index is 2.46. The van der Waals surface area contributed by atoms with Gasteiger partial charge in [-0.15, -0.1) is 0 Å². The van der Waals surface area contributed by atoms with Crippen molar-refractivity contribution in [3.63, 3.8) is 0 Å². The number of anilines is 1. The van der Waals surface area contributed by atoms with Crippen LogP contribution < -0.4 is 13.8 Å². The lowest BCUT2D eigenvalue weighted by atomic mass is 10.3. The van der Waals surface area contributed by atoms with Crippen molar-refractivity contribution in [3.8, 4) is 11.5 Å². The topological polar surface area (TPSA) is 55.8 Å². The van der Waals surface area contributed by atoms with E-state index in [4.69, 9.17) is 9.47 Å². The van der Waals surface area contributed by atoms with Crippen LogP contribution in [-0.2, 0) is 10.0 Å². The molecule has 0 amide bonds. The van der Waals surface area contributed by atoms with Crippen molar-refractivity contribution in [2.24, 2.45) is 0 Å². The standard InChI is InChI=1S/C15H16FNO4S/c1-17(12-5-7-13(20-2)8-6-12)22(18,19)15-10-11(16)4-9-14(15)21-3/h4-10H,1-3H3. The number of hydrogen-bond acceptors (Lipinski definition) is 4. The van der Waals surface area contributed by atoms with Crippen LogP contribution >= 0.6 is 0 Å². The lowest BCUT2D eigenvalue weighted by molar-refractivity contribution is 0.401. The van der Waals surface area contributed by atoms with Crippen LogP contribution in [0.1, 0.15) is 0 Å². The van der Waals surface area contributed by atoms with Crippen molar-refractivity contribution in [2.45, 2.75) is 4.90 Å². The average molecular weight is 325 g/mol. The largest absolute Gasteiger partial charge is 0.497 e. The molecule has 0 aliphatic heterocycles. The Morgan fingerprint density at radius 2 is 1.64 bits per heavy atom. The maximum Gasteiger partial charge on any atom is 0.267 e. The maximum atomic E-state index is 13.4. The number of methoxy groups -OCH3 is 2. The van der Waals surface area contributed by atoms with Gasteiger partial charge in [-0.25, -0.2) is 12.8 Å². The number of ether oxygens (including phenoxy) is 2. The molecule has 0 unspecified atom stereocenters. The molecular formula is C15H16FNO4S. The molecule has 0 fully saturated rings. The number of sulfonamides is 1. The predicted octanol–water partition coefficient (Wildman–Crippen LogP) is 2.67. The summed E-state index contributed by atoms with van der Waals surface area (Å²) in [6, 6.07) is 9.85. The van der Waals surface area contributed by atoms with Gasteiger partial charge in [-0.1, -0.05) is 0 Å². The molecule has 0 aliphatic rings. The number of rotatable bonds is 5. The minimum absolute atomic E-state index is 0.0850. The predicted molar refractivity (Wildman–Crippen MR) is 81.5 cm³/mol. The maximum absolute atomic E-state index is 13.4. The van der Waals surface area contributed by atoms with Crippen LogP contribution in [0.5, 0.6) is 11.5 Å². The first-order valence-corrected chi connectivity index (χ1v) is 7.80. The van der Waals surface area contributed by atoms with Gasteiger partial charge in [-0.2, -0.15) is 0 Å². The fourth-order valence-corrected chi connectivity index (χ4v) is 3.29. The monoisotopic (exact) mass is 325 g/mol. The summed E-state index contributed by atoms with van der Waals surface area (Å²) in [5, 5.41) is 0. The van der Waals surface area contributed by atoms with Gasteiger partial charge in [0.1, 0.15) is 22.2 Å². The van der Waals surface area contributed by atoms with E-state index >= 15 is 0 Å². The van der Waals surface area contributed by atoms with Crippen LogP contribution in [0.25, 0.3) is 0 Å². The summed E-state index contributed by atoms with van der Waals surface area (Å²) in [7, 11) is 0.295. The van der Waals surface area contributed by atoms with Crippen molar-refractivity contribution >= 4 is 15.7 Å². The van der Waals surface area contributed by atoms with E-state index < -0.39 is 15.8 Å². The zero-order chi connectivity index (χ0) is 16.3. The smallest absolute Gasteiger partial charge is 0.267 e. The van der Waals surface area contributed by atoms with Crippen molar-refractivity contribution in [3.05, 3.63) is 48.3 Å². The van der Waals surface area contributed by atoms with E-state index in [-0.39, 0.29) is 10.6 Å². The summed E-state index contributed by atoms with van der Waals surface area (Å²) in [5.74, 6) is 0.0437. The lowest BCUT2D eigenvalue weighted by Gasteiger charge is -2.21. The summed E-state index contributed by atoms with van der Waals surface area (Å²) in [5.41, 5.74) is 0.423. The van der Waals surface area contributed by atoms with Crippen molar-refractivity contribution in [1.29, 1.82) is 0 Å². The van der Waals surface area contributed by atoms with Crippen LogP contribution in [0.15, 0.2) is 47.4 Å². The molecular weight excluding hydrogens is 309 g/mol. The number of nitrogens with zero attached hydrogens (tertiary/aromatic N) is 1. The Morgan fingerprint density at radius 3 is 2.18 bits per heavy atom. The minimum Gasteiger partial charge on any atom is -0.497 e. The zero-order valence-electron chi connectivity index (χ0n) is 12.4. The van der Waals surface area contributed by atoms with E-state index in [1.165, 1.54) is 27.3 Å². The fourth-order valence-electron chi connectivity index (χ4n) is 1.93. The van der Waals surface area contributed by atoms with Gasteiger partial charge in [-0.05, 0) is 42.5 Å². The number of hydrogen-bond donors (Lipinski definition) is 0. The van der Waals surface area contributed by atoms with Crippen molar-refractivity contribution in [2.75, 3.05) is 25.6 Å². The lowest BCUT2D eigenvalue weighted by Crippen LogP contribution is -2.27. The molecule has 5 nitrogen and oxygen atoms in total. The van der Waals surface area contributed by atoms with Crippen molar-refractivity contribution in [1.82, 2.24) is 0 Å². The molecule has 7 heteroatoms. The van der Waals surface area contributed by atoms with Gasteiger partial charge in [0.2, 0.25) is 0 Å². The van der Waals surface area contributed by atoms with Gasteiger partial charge >= 0.3 is 0 Å². The van der Waals surface area contributed by atoms with Crippen LogP contribution in [0.4, 0.5) is 10.1 Å². The molecule has 2 aromatic carbocycles. The molecule has 0 atom stereocenters. The Bertz CT molecular complexity index is 760. The highest BCUT2D eigenvalue weighted by Crippen LogP contribution is 2.30. The molecule has 0 bridgehead atoms. The SMILES string of the molecule is COc1ccc(N(C)S(=O)(=O)c2cc(F)ccc2OC)cc1. The number of halogens is 1. The van der Waals surface area contributed by atoms with Gasteiger partial charge in [0.25, 0.3) is 10.0 Å². The molecule has 118 valence electrons. The molecule has 2 rings (SSSR count). The van der Waals surface area contributed by atoms with Gasteiger partial charge < -0.3 is 9.47 Å². The Kier molecular flexibility index (Phi) is 4.56. The molecule has 0 N–H and O–H groups in total. The summed E-state index contributed by atoms with van der Waals surface area (Å²) < 4.78 is 49.9. The molecule has 2 aromatic rings. The summed E-state index contributed by atoms with van der Waals surface area (Å²) in [6.07, 6.45) is 0. The van der Waals surface area contributed by atoms with Crippen LogP contribution in [-0.4, -0.2) is 29.7 Å². The third-order valence-corrected chi connectivity index (χ3v) is 5.01. The molecule has 0 heterocycles. The molecule has 0 aromatic heterocycles. The minimum atomic E-state index is -3.95. The second-order valence-corrected chi connectivity index (χ2v) is 6.40. The van der Waals surface area contributed by atoms with E-state index in [1.54, 1.807) is 24.3 Å². The summed E-state index contributed by atoms with van der Waals surface area (Å²) in [4.78, 5) is -0.228. The summed E-state index contributed by atoms with van der Waals surface area (Å²) >= 11 is 0. The van der Waals surface area contributed by atoms with Gasteiger partial charge in [0.05, 0.1) is 19.9 Å². The van der Waals surface area contributed by atoms with Crippen LogP contribution in [0, 0.1) is 5.82 Å². The first-order valence-electron chi connectivity index (χ1n) is 6.36. The highest BCUT2D eigenvalue weighted by molar-refractivity contribution is 7.92. The first kappa shape index (κ1) is 16.1. The first-order chi connectivity index (χ1) is 10.4. The normalized spacial score (nSPS) is 11.1.